The third-order valence-corrected chi connectivity index (χ3v) is 4.26. The first-order valence-corrected chi connectivity index (χ1v) is 10.3. The Bertz CT molecular complexity index is 267. The van der Waals surface area contributed by atoms with Crippen molar-refractivity contribution in [1.82, 2.24) is 0 Å². The van der Waals surface area contributed by atoms with Crippen molar-refractivity contribution >= 4 is 8.25 Å². The molecule has 130 valence electrons. The van der Waals surface area contributed by atoms with Crippen LogP contribution in [0.1, 0.15) is 96.8 Å². The molecular weight excluding hydrogens is 295 g/mol. The Kier molecular flexibility index (Phi) is 18.6. The highest BCUT2D eigenvalue weighted by atomic mass is 31.1. The van der Waals surface area contributed by atoms with E-state index in [-0.39, 0.29) is 0 Å². The molecular formula is C18H36O3P+. The molecule has 0 aliphatic carbocycles. The highest BCUT2D eigenvalue weighted by Crippen LogP contribution is 2.16. The van der Waals surface area contributed by atoms with Crippen LogP contribution in [0.15, 0.2) is 12.2 Å². The van der Waals surface area contributed by atoms with Crippen LogP contribution < -0.4 is 0 Å². The smallest absolute Gasteiger partial charge is 0.133 e. The van der Waals surface area contributed by atoms with Gasteiger partial charge in [-0.2, -0.15) is 0 Å². The number of hydrogen-bond acceptors (Lipinski definition) is 2. The number of rotatable bonds is 17. The molecule has 0 aromatic heterocycles. The van der Waals surface area contributed by atoms with Crippen LogP contribution in [0.25, 0.3) is 0 Å². The van der Waals surface area contributed by atoms with Crippen molar-refractivity contribution < 1.29 is 14.0 Å². The van der Waals surface area contributed by atoms with E-state index in [2.05, 4.69) is 23.6 Å². The first-order valence-electron chi connectivity index (χ1n) is 9.21. The van der Waals surface area contributed by atoms with Gasteiger partial charge in [-0.1, -0.05) is 76.9 Å². The molecule has 4 heteroatoms. The van der Waals surface area contributed by atoms with Gasteiger partial charge in [0, 0.05) is 4.57 Å². The summed E-state index contributed by atoms with van der Waals surface area (Å²) in [5, 5.41) is 0. The van der Waals surface area contributed by atoms with E-state index in [9.17, 15) is 4.57 Å². The van der Waals surface area contributed by atoms with Crippen molar-refractivity contribution in [2.45, 2.75) is 96.8 Å². The zero-order valence-electron chi connectivity index (χ0n) is 14.5. The maximum Gasteiger partial charge on any atom is 0.694 e. The van der Waals surface area contributed by atoms with E-state index < -0.39 is 8.25 Å². The van der Waals surface area contributed by atoms with E-state index in [0.29, 0.717) is 6.61 Å². The van der Waals surface area contributed by atoms with Gasteiger partial charge < -0.3 is 0 Å². The second-order valence-electron chi connectivity index (χ2n) is 6.01. The Morgan fingerprint density at radius 3 is 1.73 bits per heavy atom. The molecule has 0 fully saturated rings. The molecule has 0 saturated carbocycles. The highest BCUT2D eigenvalue weighted by molar-refractivity contribution is 7.32. The average molecular weight is 331 g/mol. The Balaban J connectivity index is 3.06. The van der Waals surface area contributed by atoms with Crippen molar-refractivity contribution in [3.05, 3.63) is 12.2 Å². The maximum atomic E-state index is 10.3. The minimum atomic E-state index is -2.40. The fraction of sp³-hybridized carbons (Fsp3) is 0.889. The van der Waals surface area contributed by atoms with E-state index in [1.54, 1.807) is 0 Å². The predicted octanol–water partition coefficient (Wildman–Crippen LogP) is 6.69. The van der Waals surface area contributed by atoms with E-state index in [1.807, 2.05) is 0 Å². The zero-order chi connectivity index (χ0) is 16.3. The van der Waals surface area contributed by atoms with Crippen molar-refractivity contribution in [1.29, 1.82) is 0 Å². The molecule has 0 radical (unpaired) electrons. The summed E-state index contributed by atoms with van der Waals surface area (Å²) in [6, 6.07) is 0. The fourth-order valence-electron chi connectivity index (χ4n) is 2.49. The molecule has 0 heterocycles. The van der Waals surface area contributed by atoms with Gasteiger partial charge in [0.05, 0.1) is 0 Å². The van der Waals surface area contributed by atoms with Gasteiger partial charge in [0.2, 0.25) is 0 Å². The predicted molar refractivity (Wildman–Crippen MR) is 95.2 cm³/mol. The van der Waals surface area contributed by atoms with Crippen LogP contribution >= 0.6 is 8.25 Å². The van der Waals surface area contributed by atoms with Gasteiger partial charge in [-0.15, -0.1) is 9.42 Å². The van der Waals surface area contributed by atoms with E-state index >= 15 is 0 Å². The second kappa shape index (κ2) is 18.8. The Hall–Kier alpha value is -0.240. The van der Waals surface area contributed by atoms with Crippen LogP contribution in [0.3, 0.4) is 0 Å². The summed E-state index contributed by atoms with van der Waals surface area (Å²) < 4.78 is 14.9. The maximum absolute atomic E-state index is 10.3. The Labute approximate surface area is 138 Å². The molecule has 0 spiro atoms. The van der Waals surface area contributed by atoms with Gasteiger partial charge in [0.25, 0.3) is 0 Å². The van der Waals surface area contributed by atoms with Gasteiger partial charge in [0.15, 0.2) is 0 Å². The molecule has 0 rings (SSSR count). The summed E-state index contributed by atoms with van der Waals surface area (Å²) in [6.07, 6.45) is 22.4. The lowest BCUT2D eigenvalue weighted by atomic mass is 10.1. The van der Waals surface area contributed by atoms with Gasteiger partial charge in [-0.25, -0.2) is 0 Å². The van der Waals surface area contributed by atoms with Gasteiger partial charge in [-0.3, -0.25) is 0 Å². The Morgan fingerprint density at radius 2 is 1.23 bits per heavy atom. The first-order chi connectivity index (χ1) is 10.8. The highest BCUT2D eigenvalue weighted by Gasteiger charge is 2.09. The molecule has 0 aliphatic rings. The summed E-state index contributed by atoms with van der Waals surface area (Å²) in [7, 11) is -2.40. The van der Waals surface area contributed by atoms with Crippen LogP contribution in [-0.4, -0.2) is 11.5 Å². The summed E-state index contributed by atoms with van der Waals surface area (Å²) in [4.78, 5) is 8.46. The van der Waals surface area contributed by atoms with Crippen LogP contribution in [0.5, 0.6) is 0 Å². The molecule has 1 N–H and O–H groups in total. The molecule has 0 saturated heterocycles. The van der Waals surface area contributed by atoms with Crippen LogP contribution in [0, 0.1) is 0 Å². The minimum absolute atomic E-state index is 0.410. The lowest BCUT2D eigenvalue weighted by Gasteiger charge is -1.99. The van der Waals surface area contributed by atoms with Crippen molar-refractivity contribution in [3.8, 4) is 0 Å². The fourth-order valence-corrected chi connectivity index (χ4v) is 2.78. The second-order valence-corrected chi connectivity index (χ2v) is 6.74. The molecule has 22 heavy (non-hydrogen) atoms. The Morgan fingerprint density at radius 1 is 0.773 bits per heavy atom. The molecule has 0 aliphatic heterocycles. The van der Waals surface area contributed by atoms with Crippen LogP contribution in [0.2, 0.25) is 0 Å². The van der Waals surface area contributed by atoms with Crippen LogP contribution in [0.4, 0.5) is 0 Å². The van der Waals surface area contributed by atoms with Gasteiger partial charge >= 0.3 is 8.25 Å². The third kappa shape index (κ3) is 19.8. The lowest BCUT2D eigenvalue weighted by molar-refractivity contribution is 0.273. The van der Waals surface area contributed by atoms with Crippen LogP contribution in [-0.2, 0) is 9.09 Å². The molecule has 0 amide bonds. The standard InChI is InChI=1S/C18H35O3P/c1-2-3-4-5-6-7-8-9-10-11-12-13-14-15-16-17-18-21-22(19)20/h9-10H,2-8,11-18H2,1H3/p+1. The first kappa shape index (κ1) is 21.8. The molecule has 0 aromatic carbocycles. The average Bonchev–Trinajstić information content (AvgIpc) is 2.50. The van der Waals surface area contributed by atoms with E-state index in [1.165, 1.54) is 77.0 Å². The lowest BCUT2D eigenvalue weighted by Crippen LogP contribution is -1.87. The third-order valence-electron chi connectivity index (χ3n) is 3.86. The van der Waals surface area contributed by atoms with Gasteiger partial charge in [0.1, 0.15) is 6.61 Å². The van der Waals surface area contributed by atoms with Crippen molar-refractivity contribution in [2.75, 3.05) is 6.61 Å². The zero-order valence-corrected chi connectivity index (χ0v) is 15.4. The summed E-state index contributed by atoms with van der Waals surface area (Å²) in [5.74, 6) is 0. The number of allylic oxidation sites excluding steroid dienone is 2. The SMILES string of the molecule is CCCCCCCCC=CCCCCCCCCO[P+](=O)O. The molecule has 0 aromatic rings. The molecule has 1 atom stereocenters. The number of unbranched alkanes of at least 4 members (excludes halogenated alkanes) is 12. The summed E-state index contributed by atoms with van der Waals surface area (Å²) in [5.41, 5.74) is 0. The van der Waals surface area contributed by atoms with E-state index in [0.717, 1.165) is 12.8 Å². The minimum Gasteiger partial charge on any atom is -0.133 e. The normalized spacial score (nSPS) is 12.2. The van der Waals surface area contributed by atoms with Crippen molar-refractivity contribution in [2.24, 2.45) is 0 Å². The monoisotopic (exact) mass is 331 g/mol. The van der Waals surface area contributed by atoms with Crippen molar-refractivity contribution in [3.63, 3.8) is 0 Å². The summed E-state index contributed by atoms with van der Waals surface area (Å²) in [6.45, 7) is 2.67. The topological polar surface area (TPSA) is 46.5 Å². The van der Waals surface area contributed by atoms with E-state index in [4.69, 9.17) is 4.89 Å². The molecule has 0 bridgehead atoms. The summed E-state index contributed by atoms with van der Waals surface area (Å²) >= 11 is 0. The largest absolute Gasteiger partial charge is 0.694 e. The quantitative estimate of drug-likeness (QED) is 0.183. The van der Waals surface area contributed by atoms with Gasteiger partial charge in [-0.05, 0) is 32.1 Å². The molecule has 3 nitrogen and oxygen atoms in total. The number of hydrogen-bond donors (Lipinski definition) is 1. The molecule has 1 unspecified atom stereocenters.